The predicted molar refractivity (Wildman–Crippen MR) is 85.3 cm³/mol. The first kappa shape index (κ1) is 13.5. The second-order valence-electron chi connectivity index (χ2n) is 4.10. The first-order chi connectivity index (χ1) is 9.93. The number of aromatic nitrogens is 2. The molecule has 0 unspecified atom stereocenters. The van der Waals surface area contributed by atoms with Crippen LogP contribution in [0, 0.1) is 0 Å². The van der Waals surface area contributed by atoms with Gasteiger partial charge in [0.25, 0.3) is 0 Å². The molecule has 0 saturated heterocycles. The van der Waals surface area contributed by atoms with Crippen molar-refractivity contribution < 1.29 is 0 Å². The van der Waals surface area contributed by atoms with Crippen molar-refractivity contribution >= 4 is 38.9 Å². The van der Waals surface area contributed by atoms with Crippen molar-refractivity contribution in [3.05, 3.63) is 70.8 Å². The van der Waals surface area contributed by atoms with E-state index in [0.717, 1.165) is 5.69 Å². The third-order valence-corrected chi connectivity index (χ3v) is 5.63. The fourth-order valence-corrected chi connectivity index (χ4v) is 4.31. The molecular weight excluding hydrogens is 378 g/mol. The average Bonchev–Trinajstić information content (AvgIpc) is 3.20. The zero-order valence-electron chi connectivity index (χ0n) is 10.6. The van der Waals surface area contributed by atoms with Gasteiger partial charge in [0.15, 0.2) is 0 Å². The van der Waals surface area contributed by atoms with Gasteiger partial charge in [-0.25, -0.2) is 0 Å². The van der Waals surface area contributed by atoms with E-state index >= 15 is 0 Å². The zero-order valence-corrected chi connectivity index (χ0v) is 14.1. The fourth-order valence-electron chi connectivity index (χ4n) is 1.77. The van der Waals surface area contributed by atoms with Gasteiger partial charge in [-0.2, -0.15) is 0 Å². The van der Waals surface area contributed by atoms with Crippen LogP contribution in [0.15, 0.2) is 70.8 Å². The Morgan fingerprint density at radius 1 is 0.850 bits per heavy atom. The molecule has 0 aliphatic heterocycles. The van der Waals surface area contributed by atoms with E-state index in [1.165, 1.54) is 15.2 Å². The van der Waals surface area contributed by atoms with Crippen molar-refractivity contribution in [2.75, 3.05) is 0 Å². The van der Waals surface area contributed by atoms with Crippen LogP contribution in [-0.2, 0) is 0 Å². The van der Waals surface area contributed by atoms with Crippen LogP contribution < -0.4 is 0 Å². The van der Waals surface area contributed by atoms with Crippen molar-refractivity contribution in [2.45, 2.75) is 0 Å². The van der Waals surface area contributed by atoms with Crippen LogP contribution in [0.5, 0.6) is 0 Å². The molecule has 2 aromatic heterocycles. The van der Waals surface area contributed by atoms with Crippen LogP contribution >= 0.6 is 0 Å². The van der Waals surface area contributed by atoms with Gasteiger partial charge in [0.2, 0.25) is 0 Å². The van der Waals surface area contributed by atoms with Gasteiger partial charge in [-0.15, -0.1) is 0 Å². The van der Waals surface area contributed by atoms with Crippen LogP contribution in [-0.4, -0.2) is 38.2 Å². The molecule has 4 aromatic rings. The first-order valence-corrected chi connectivity index (χ1v) is 9.76. The summed E-state index contributed by atoms with van der Waals surface area (Å²) in [4.78, 5) is 6.47. The Morgan fingerprint density at radius 3 is 2.40 bits per heavy atom. The summed E-state index contributed by atoms with van der Waals surface area (Å²) in [6.45, 7) is 0. The summed E-state index contributed by atoms with van der Waals surface area (Å²) in [5.74, 6) is 0. The van der Waals surface area contributed by atoms with E-state index in [-0.39, 0.29) is 0 Å². The van der Waals surface area contributed by atoms with E-state index in [4.69, 9.17) is 0 Å². The van der Waals surface area contributed by atoms with Crippen LogP contribution in [0.2, 0.25) is 0 Å². The fraction of sp³-hybridized carbons (Fsp3) is 0. The van der Waals surface area contributed by atoms with Crippen LogP contribution in [0.1, 0.15) is 0 Å². The molecule has 0 saturated carbocycles. The molecular formula is C16H12N2Se2. The van der Waals surface area contributed by atoms with Gasteiger partial charge in [-0.05, 0) is 0 Å². The Kier molecular flexibility index (Phi) is 4.62. The minimum atomic E-state index is 0.372. The monoisotopic (exact) mass is 392 g/mol. The third-order valence-electron chi connectivity index (χ3n) is 2.76. The van der Waals surface area contributed by atoms with E-state index in [1.54, 1.807) is 0 Å². The van der Waals surface area contributed by atoms with Crippen LogP contribution in [0.4, 0.5) is 0 Å². The van der Waals surface area contributed by atoms with Crippen molar-refractivity contribution in [1.29, 1.82) is 0 Å². The molecule has 0 aliphatic rings. The molecule has 4 rings (SSSR count). The van der Waals surface area contributed by atoms with Gasteiger partial charge in [-0.3, -0.25) is 0 Å². The van der Waals surface area contributed by atoms with Crippen molar-refractivity contribution in [3.63, 3.8) is 0 Å². The summed E-state index contributed by atoms with van der Waals surface area (Å²) >= 11 is 0.863. The molecule has 4 heteroatoms. The number of nitrogens with zero attached hydrogens (tertiary/aromatic N) is 2. The Hall–Kier alpha value is -1.44. The molecule has 20 heavy (non-hydrogen) atoms. The van der Waals surface area contributed by atoms with Crippen molar-refractivity contribution in [3.8, 4) is 11.3 Å². The Labute approximate surface area is 129 Å². The Morgan fingerprint density at radius 2 is 1.65 bits per heavy atom. The van der Waals surface area contributed by atoms with Gasteiger partial charge in [0.1, 0.15) is 0 Å². The van der Waals surface area contributed by atoms with Gasteiger partial charge in [0.05, 0.1) is 0 Å². The number of hydrogen-bond acceptors (Lipinski definition) is 2. The number of hydrogen-bond donors (Lipinski definition) is 0. The molecule has 98 valence electrons. The molecule has 2 nitrogen and oxygen atoms in total. The van der Waals surface area contributed by atoms with Gasteiger partial charge >= 0.3 is 130 Å². The second kappa shape index (κ2) is 6.83. The maximum atomic E-state index is 4.27. The number of rotatable bonds is 1. The molecule has 0 radical (unpaired) electrons. The first-order valence-electron chi connectivity index (χ1n) is 6.16. The van der Waals surface area contributed by atoms with E-state index in [2.05, 4.69) is 44.2 Å². The summed E-state index contributed by atoms with van der Waals surface area (Å²) in [6.07, 6.45) is 1.95. The predicted octanol–water partition coefficient (Wildman–Crippen LogP) is 3.10. The average molecular weight is 390 g/mol. The van der Waals surface area contributed by atoms with Crippen molar-refractivity contribution in [1.82, 2.24) is 8.96 Å². The Balaban J connectivity index is 0.000000123. The summed E-state index contributed by atoms with van der Waals surface area (Å²) < 4.78 is 5.60. The molecule has 0 atom stereocenters. The van der Waals surface area contributed by atoms with Gasteiger partial charge in [-0.1, -0.05) is 0 Å². The van der Waals surface area contributed by atoms with E-state index in [1.807, 2.05) is 35.5 Å². The number of fused-ring (bicyclic) bond motifs is 1. The third kappa shape index (κ3) is 3.36. The normalized spacial score (nSPS) is 10.0. The van der Waals surface area contributed by atoms with Crippen LogP contribution in [0.25, 0.3) is 20.9 Å². The summed E-state index contributed by atoms with van der Waals surface area (Å²) in [7, 11) is 0. The van der Waals surface area contributed by atoms with E-state index in [9.17, 15) is 0 Å². The van der Waals surface area contributed by atoms with Gasteiger partial charge in [0, 0.05) is 0 Å². The van der Waals surface area contributed by atoms with Crippen LogP contribution in [0.3, 0.4) is 0 Å². The maximum absolute atomic E-state index is 4.27. The molecule has 0 bridgehead atoms. The molecule has 0 amide bonds. The molecule has 0 N–H and O–H groups in total. The standard InChI is InChI=1S/C9H7NSe.C7H5NSe/c1-2-4-8(5-3-1)9-6-11-7-10-9;1-2-4-7-6(3-1)5-8-9-7/h1-7H;1-5H. The second-order valence-corrected chi connectivity index (χ2v) is 7.36. The zero-order chi connectivity index (χ0) is 13.6. The molecule has 2 heterocycles. The molecule has 0 fully saturated rings. The van der Waals surface area contributed by atoms with E-state index < -0.39 is 0 Å². The van der Waals surface area contributed by atoms with E-state index in [0.29, 0.717) is 29.2 Å². The topological polar surface area (TPSA) is 25.8 Å². The quantitative estimate of drug-likeness (QED) is 0.467. The summed E-state index contributed by atoms with van der Waals surface area (Å²) in [5.41, 5.74) is 2.36. The summed E-state index contributed by atoms with van der Waals surface area (Å²) in [5, 5.41) is 3.30. The molecule has 0 spiro atoms. The summed E-state index contributed by atoms with van der Waals surface area (Å²) in [6, 6.07) is 18.6. The molecule has 0 aliphatic carbocycles. The molecule has 2 aromatic carbocycles. The Bertz CT molecular complexity index is 731. The minimum absolute atomic E-state index is 0.372. The van der Waals surface area contributed by atoms with Crippen molar-refractivity contribution in [2.24, 2.45) is 0 Å². The van der Waals surface area contributed by atoms with Gasteiger partial charge < -0.3 is 0 Å². The SMILES string of the molecule is c1ccc(-c2c[se]cn2)cc1.c1ccc2[se]ncc2c1. The number of benzene rings is 2.